The van der Waals surface area contributed by atoms with E-state index >= 15 is 0 Å². The number of hydrogen-bond acceptors (Lipinski definition) is 10. The lowest BCUT2D eigenvalue weighted by atomic mass is 9.82. The highest BCUT2D eigenvalue weighted by Crippen LogP contribution is 2.39. The molecule has 0 bridgehead atoms. The quantitative estimate of drug-likeness (QED) is 0.114. The van der Waals surface area contributed by atoms with Crippen molar-refractivity contribution in [3.63, 3.8) is 0 Å². The van der Waals surface area contributed by atoms with E-state index in [2.05, 4.69) is 95.9 Å². The average Bonchev–Trinajstić information content (AvgIpc) is 1.58. The molecule has 1 aliphatic carbocycles. The summed E-state index contributed by atoms with van der Waals surface area (Å²) in [4.78, 5) is 129. The summed E-state index contributed by atoms with van der Waals surface area (Å²) < 4.78 is 1.61. The smallest absolute Gasteiger partial charge is 0.262 e. The van der Waals surface area contributed by atoms with Crippen molar-refractivity contribution in [2.75, 3.05) is 0 Å². The monoisotopic (exact) mass is 1250 g/mol. The fraction of sp³-hybridized carbons (Fsp3) is 0.413. The van der Waals surface area contributed by atoms with Gasteiger partial charge in [0.25, 0.3) is 35.1 Å². The number of benzene rings is 4. The zero-order valence-corrected chi connectivity index (χ0v) is 54.7. The number of Topliss-reactive ketones (excluding diaryl/α,β-unsaturated/α-hetero) is 1. The molecule has 3 N–H and O–H groups in total. The third kappa shape index (κ3) is 13.7. The molecule has 4 aromatic carbocycles. The van der Waals surface area contributed by atoms with Crippen LogP contribution in [0.15, 0.2) is 139 Å². The second-order valence-corrected chi connectivity index (χ2v) is 28.9. The Morgan fingerprint density at radius 1 is 0.446 bits per heavy atom. The van der Waals surface area contributed by atoms with Gasteiger partial charge >= 0.3 is 0 Å². The maximum atomic E-state index is 12.9. The van der Waals surface area contributed by atoms with Gasteiger partial charge in [0.05, 0.1) is 28.3 Å². The van der Waals surface area contributed by atoms with Crippen molar-refractivity contribution >= 4 is 63.8 Å². The van der Waals surface area contributed by atoms with E-state index < -0.39 is 24.0 Å². The Morgan fingerprint density at radius 2 is 0.913 bits per heavy atom. The standard InChI is InChI=1S/C20H23NO2.2C18H20N2O3.C18H22N2O2.CH4/c1-13-5-8-17(18(22)11-13)21-10-9-14-12-15(20(2,3)4)6-7-16(14)19(21)23;1-10-5-8-14(15(21)19-10)20-16(22)12-7-6-11(18(2,3)4)9-13(12)17(20)23;1-10-8-9-13(15(21)19-10)20-16(22)11-6-5-7-12(18(2,3)4)14(11)17(20)23;1-11-8-9-15(16(21)19-11)20-10-13-12(17(20)22)6-5-7-14(13)18(2,3)4;/h6-7,9-10,12,17H,1,5,8,11H2,2-4H3;6-7,9,14H,1,5,8H2,2-4H3,(H,19,21);5-7,13H,1,8-9H2,2-4H3,(H,19,21);5-7,15H,1,8-10H2,2-4H3,(H,19,21);1H4. The van der Waals surface area contributed by atoms with Crippen molar-refractivity contribution in [1.29, 1.82) is 0 Å². The summed E-state index contributed by atoms with van der Waals surface area (Å²) in [6.45, 7) is 40.7. The van der Waals surface area contributed by atoms with E-state index in [0.29, 0.717) is 90.5 Å². The minimum absolute atomic E-state index is 0. The van der Waals surface area contributed by atoms with Crippen LogP contribution in [0, 0.1) is 0 Å². The van der Waals surface area contributed by atoms with E-state index in [0.717, 1.165) is 61.6 Å². The summed E-state index contributed by atoms with van der Waals surface area (Å²) in [6.07, 6.45) is 6.98. The van der Waals surface area contributed by atoms with Gasteiger partial charge in [-0.3, -0.25) is 57.7 Å². The van der Waals surface area contributed by atoms with Gasteiger partial charge in [-0.15, -0.1) is 0 Å². The fourth-order valence-corrected chi connectivity index (χ4v) is 12.8. The molecular weight excluding hydrogens is 1160 g/mol. The Hall–Kier alpha value is -9.12. The fourth-order valence-electron chi connectivity index (χ4n) is 12.8. The first-order valence-corrected chi connectivity index (χ1v) is 31.3. The van der Waals surface area contributed by atoms with Crippen LogP contribution < -0.4 is 21.5 Å². The van der Waals surface area contributed by atoms with Gasteiger partial charge < -0.3 is 25.4 Å². The third-order valence-electron chi connectivity index (χ3n) is 18.0. The Balaban J connectivity index is 0.000000157. The number of amides is 8. The molecule has 92 heavy (non-hydrogen) atoms. The lowest BCUT2D eigenvalue weighted by Gasteiger charge is -2.31. The Bertz CT molecular complexity index is 4040. The van der Waals surface area contributed by atoms with Crippen LogP contribution >= 0.6 is 0 Å². The van der Waals surface area contributed by atoms with Gasteiger partial charge in [0, 0.05) is 47.2 Å². The van der Waals surface area contributed by atoms with Gasteiger partial charge in [0.2, 0.25) is 17.7 Å². The molecule has 4 fully saturated rings. The van der Waals surface area contributed by atoms with Crippen LogP contribution in [0.2, 0.25) is 0 Å². The van der Waals surface area contributed by atoms with Crippen molar-refractivity contribution < 1.29 is 43.2 Å². The van der Waals surface area contributed by atoms with Crippen LogP contribution in [0.5, 0.6) is 0 Å². The lowest BCUT2D eigenvalue weighted by Crippen LogP contribution is -2.51. The third-order valence-corrected chi connectivity index (χ3v) is 18.0. The number of ketones is 1. The van der Waals surface area contributed by atoms with E-state index in [1.54, 1.807) is 39.9 Å². The number of imide groups is 2. The number of carbonyl (C=O) groups is 9. The van der Waals surface area contributed by atoms with E-state index in [1.807, 2.05) is 84.0 Å². The molecule has 12 rings (SSSR count). The van der Waals surface area contributed by atoms with Gasteiger partial charge in [-0.2, -0.15) is 0 Å². The maximum Gasteiger partial charge on any atom is 0.262 e. The molecule has 0 spiro atoms. The Morgan fingerprint density at radius 3 is 1.43 bits per heavy atom. The van der Waals surface area contributed by atoms with Crippen LogP contribution in [0.1, 0.15) is 234 Å². The molecule has 17 nitrogen and oxygen atoms in total. The highest BCUT2D eigenvalue weighted by Gasteiger charge is 2.47. The number of hydrogen-bond donors (Lipinski definition) is 3. The lowest BCUT2D eigenvalue weighted by molar-refractivity contribution is -0.126. The summed E-state index contributed by atoms with van der Waals surface area (Å²) in [5.41, 5.74) is 10.1. The number of nitrogens with one attached hydrogen (secondary N) is 3. The number of carbonyl (C=O) groups excluding carboxylic acids is 9. The minimum Gasteiger partial charge on any atom is -0.329 e. The van der Waals surface area contributed by atoms with Crippen LogP contribution in [0.3, 0.4) is 0 Å². The summed E-state index contributed by atoms with van der Waals surface area (Å²) >= 11 is 0. The largest absolute Gasteiger partial charge is 0.329 e. The van der Waals surface area contributed by atoms with Gasteiger partial charge in [-0.25, -0.2) is 0 Å². The van der Waals surface area contributed by atoms with Crippen LogP contribution in [0.4, 0.5) is 0 Å². The molecule has 4 unspecified atom stereocenters. The summed E-state index contributed by atoms with van der Waals surface area (Å²) in [6, 6.07) is 22.2. The summed E-state index contributed by atoms with van der Waals surface area (Å²) in [7, 11) is 0. The highest BCUT2D eigenvalue weighted by molar-refractivity contribution is 6.24. The molecule has 484 valence electrons. The molecular formula is C75H89N7O10. The summed E-state index contributed by atoms with van der Waals surface area (Å²) in [5, 5.41) is 9.66. The average molecular weight is 1250 g/mol. The van der Waals surface area contributed by atoms with Gasteiger partial charge in [-0.1, -0.05) is 165 Å². The van der Waals surface area contributed by atoms with Crippen LogP contribution in [0.25, 0.3) is 10.8 Å². The van der Waals surface area contributed by atoms with Crippen LogP contribution in [-0.2, 0) is 47.4 Å². The van der Waals surface area contributed by atoms with Crippen molar-refractivity contribution in [2.24, 2.45) is 0 Å². The first kappa shape index (κ1) is 68.8. The second-order valence-electron chi connectivity index (χ2n) is 28.9. The predicted molar refractivity (Wildman–Crippen MR) is 358 cm³/mol. The first-order valence-electron chi connectivity index (χ1n) is 31.3. The molecule has 4 atom stereocenters. The Kier molecular flexibility index (Phi) is 19.3. The van der Waals surface area contributed by atoms with E-state index in [9.17, 15) is 47.9 Å². The van der Waals surface area contributed by atoms with Gasteiger partial charge in [0.1, 0.15) is 18.1 Å². The number of piperidine rings is 3. The molecule has 3 saturated heterocycles. The maximum absolute atomic E-state index is 12.9. The molecule has 0 radical (unpaired) electrons. The topological polar surface area (TPSA) is 221 Å². The molecule has 1 aromatic heterocycles. The predicted octanol–water partition coefficient (Wildman–Crippen LogP) is 12.3. The molecule has 7 heterocycles. The van der Waals surface area contributed by atoms with Crippen molar-refractivity contribution in [2.45, 2.75) is 201 Å². The minimum atomic E-state index is -0.763. The van der Waals surface area contributed by atoms with E-state index in [-0.39, 0.29) is 87.8 Å². The molecule has 6 aliphatic heterocycles. The number of aromatic nitrogens is 1. The highest BCUT2D eigenvalue weighted by atomic mass is 16.2. The van der Waals surface area contributed by atoms with E-state index in [1.165, 1.54) is 11.1 Å². The molecule has 17 heteroatoms. The van der Waals surface area contributed by atoms with Crippen molar-refractivity contribution in [1.82, 2.24) is 35.2 Å². The normalized spacial score (nSPS) is 20.8. The molecule has 1 saturated carbocycles. The second kappa shape index (κ2) is 25.9. The zero-order chi connectivity index (χ0) is 66.7. The summed E-state index contributed by atoms with van der Waals surface area (Å²) in [5.74, 6) is -2.27. The SMILES string of the molecule is C.C=C1CCC(N2C(=O)c3ccc(C(C)(C)C)cc3C2=O)C(=O)N1.C=C1CCC(N2C(=O)c3cccc(C(C)(C)C)c3C2=O)C(=O)N1.C=C1CCC(N2Cc3c(cccc3C(C)(C)C)C2=O)C(=O)N1.C=C1CCC(n2ccc3cc(C(C)(C)C)ccc3c2=O)C(=O)C1. The van der Waals surface area contributed by atoms with Crippen molar-refractivity contribution in [3.05, 3.63) is 200 Å². The molecule has 5 aromatic rings. The number of rotatable bonds is 4. The number of nitrogens with zero attached hydrogens (tertiary/aromatic N) is 4. The Labute approximate surface area is 540 Å². The van der Waals surface area contributed by atoms with Crippen LogP contribution in [-0.4, -0.2) is 90.4 Å². The molecule has 7 aliphatic rings. The zero-order valence-electron chi connectivity index (χ0n) is 54.7. The number of fused-ring (bicyclic) bond motifs is 4. The first-order chi connectivity index (χ1) is 42.5. The number of pyridine rings is 1. The van der Waals surface area contributed by atoms with Gasteiger partial charge in [-0.05, 0) is 143 Å². The van der Waals surface area contributed by atoms with E-state index in [4.69, 9.17) is 0 Å². The van der Waals surface area contributed by atoms with Gasteiger partial charge in [0.15, 0.2) is 5.78 Å². The van der Waals surface area contributed by atoms with Crippen molar-refractivity contribution in [3.8, 4) is 0 Å². The molecule has 8 amide bonds. The number of allylic oxidation sites excluding steroid dienone is 4.